The number of benzene rings is 1. The molecule has 0 N–H and O–H groups in total. The number of ether oxygens (including phenoxy) is 1. The van der Waals surface area contributed by atoms with Gasteiger partial charge in [-0.3, -0.25) is 14.9 Å². The van der Waals surface area contributed by atoms with Gasteiger partial charge in [0, 0.05) is 32.1 Å². The normalized spacial score (nSPS) is 18.0. The van der Waals surface area contributed by atoms with Crippen molar-refractivity contribution in [1.29, 1.82) is 0 Å². The molecule has 0 spiro atoms. The van der Waals surface area contributed by atoms with Crippen LogP contribution in [0.15, 0.2) is 36.9 Å². The van der Waals surface area contributed by atoms with Gasteiger partial charge in [0.2, 0.25) is 0 Å². The van der Waals surface area contributed by atoms with Crippen LogP contribution in [0.2, 0.25) is 0 Å². The quantitative estimate of drug-likeness (QED) is 0.201. The molecular formula is C21H27N3O6. The topological polar surface area (TPSA) is 110 Å². The van der Waals surface area contributed by atoms with Gasteiger partial charge in [-0.1, -0.05) is 6.08 Å². The van der Waals surface area contributed by atoms with Gasteiger partial charge in [-0.05, 0) is 38.3 Å². The monoisotopic (exact) mass is 417 g/mol. The molecule has 2 atom stereocenters. The van der Waals surface area contributed by atoms with Crippen LogP contribution in [0.5, 0.6) is 0 Å². The molecule has 1 aliphatic heterocycles. The number of carbonyl (C=O) groups excluding carboxylic acids is 3. The zero-order chi connectivity index (χ0) is 22.3. The average Bonchev–Trinajstić information content (AvgIpc) is 3.14. The first-order chi connectivity index (χ1) is 14.2. The van der Waals surface area contributed by atoms with E-state index in [-0.39, 0.29) is 36.0 Å². The van der Waals surface area contributed by atoms with Gasteiger partial charge < -0.3 is 14.5 Å². The molecule has 1 aliphatic rings. The number of likely N-dealkylation sites (tertiary alicyclic amines) is 1. The molecule has 9 heteroatoms. The van der Waals surface area contributed by atoms with E-state index in [9.17, 15) is 24.5 Å². The lowest BCUT2D eigenvalue weighted by molar-refractivity contribution is -0.384. The molecule has 0 radical (unpaired) electrons. The zero-order valence-corrected chi connectivity index (χ0v) is 17.3. The molecule has 1 aromatic rings. The maximum absolute atomic E-state index is 12.8. The lowest BCUT2D eigenvalue weighted by atomic mass is 10.1. The Morgan fingerprint density at radius 1 is 1.30 bits per heavy atom. The summed E-state index contributed by atoms with van der Waals surface area (Å²) in [6.07, 6.45) is 4.06. The van der Waals surface area contributed by atoms with Crippen molar-refractivity contribution < 1.29 is 24.0 Å². The summed E-state index contributed by atoms with van der Waals surface area (Å²) < 4.78 is 5.47. The Morgan fingerprint density at radius 3 is 2.53 bits per heavy atom. The van der Waals surface area contributed by atoms with Crippen molar-refractivity contribution in [3.63, 3.8) is 0 Å². The molecule has 1 fully saturated rings. The van der Waals surface area contributed by atoms with Crippen molar-refractivity contribution in [2.45, 2.75) is 44.8 Å². The van der Waals surface area contributed by atoms with E-state index in [1.54, 1.807) is 11.9 Å². The van der Waals surface area contributed by atoms with E-state index in [2.05, 4.69) is 6.58 Å². The SMILES string of the molecule is C=CCCCCN(C)C(=O)N1C[C@@H](OC(=O)c2ccc([N+](=O)[O-])cc2)C[C@H]1C(C)=O. The smallest absolute Gasteiger partial charge is 0.338 e. The van der Waals surface area contributed by atoms with E-state index in [0.717, 1.165) is 19.3 Å². The number of carbonyl (C=O) groups is 3. The highest BCUT2D eigenvalue weighted by Gasteiger charge is 2.40. The fourth-order valence-electron chi connectivity index (χ4n) is 3.37. The Bertz CT molecular complexity index is 807. The van der Waals surface area contributed by atoms with Crippen LogP contribution in [-0.4, -0.2) is 64.8 Å². The number of rotatable bonds is 9. The van der Waals surface area contributed by atoms with Crippen molar-refractivity contribution in [3.05, 3.63) is 52.6 Å². The molecular weight excluding hydrogens is 390 g/mol. The molecule has 1 saturated heterocycles. The molecule has 0 unspecified atom stereocenters. The van der Waals surface area contributed by atoms with Gasteiger partial charge in [-0.25, -0.2) is 9.59 Å². The average molecular weight is 417 g/mol. The van der Waals surface area contributed by atoms with Gasteiger partial charge in [0.15, 0.2) is 5.78 Å². The standard InChI is InChI=1S/C21H27N3O6/c1-4-5-6-7-12-22(3)21(27)23-14-18(13-19(23)15(2)25)30-20(26)16-8-10-17(11-9-16)24(28)29/h4,8-11,18-19H,1,5-7,12-14H2,2-3H3/t18-,19-/m0/s1. The van der Waals surface area contributed by atoms with E-state index in [0.29, 0.717) is 6.54 Å². The predicted octanol–water partition coefficient (Wildman–Crippen LogP) is 3.19. The summed E-state index contributed by atoms with van der Waals surface area (Å²) in [7, 11) is 1.68. The van der Waals surface area contributed by atoms with E-state index in [4.69, 9.17) is 4.74 Å². The summed E-state index contributed by atoms with van der Waals surface area (Å²) in [4.78, 5) is 50.4. The van der Waals surface area contributed by atoms with Crippen molar-refractivity contribution in [3.8, 4) is 0 Å². The number of Topliss-reactive ketones (excluding diaryl/α,β-unsaturated/α-hetero) is 1. The van der Waals surface area contributed by atoms with Crippen molar-refractivity contribution >= 4 is 23.5 Å². The Labute approximate surface area is 175 Å². The Kier molecular flexibility index (Phi) is 8.08. The number of hydrogen-bond acceptors (Lipinski definition) is 6. The highest BCUT2D eigenvalue weighted by Crippen LogP contribution is 2.24. The highest BCUT2D eigenvalue weighted by molar-refractivity contribution is 5.90. The van der Waals surface area contributed by atoms with Gasteiger partial charge in [0.25, 0.3) is 5.69 Å². The minimum Gasteiger partial charge on any atom is -0.457 e. The molecule has 30 heavy (non-hydrogen) atoms. The third kappa shape index (κ3) is 5.88. The van der Waals surface area contributed by atoms with Gasteiger partial charge in [-0.15, -0.1) is 6.58 Å². The van der Waals surface area contributed by atoms with Crippen molar-refractivity contribution in [1.82, 2.24) is 9.80 Å². The largest absolute Gasteiger partial charge is 0.457 e. The molecule has 0 aromatic heterocycles. The number of hydrogen-bond donors (Lipinski definition) is 0. The number of nitro groups is 1. The number of unbranched alkanes of at least 4 members (excludes halogenated alkanes) is 2. The number of urea groups is 1. The fraction of sp³-hybridized carbons (Fsp3) is 0.476. The minimum atomic E-state index is -0.650. The Balaban J connectivity index is 1.99. The number of nitro benzene ring substituents is 1. The first-order valence-corrected chi connectivity index (χ1v) is 9.83. The second kappa shape index (κ2) is 10.5. The third-order valence-electron chi connectivity index (χ3n) is 5.04. The molecule has 0 saturated carbocycles. The lowest BCUT2D eigenvalue weighted by Crippen LogP contribution is -2.46. The Morgan fingerprint density at radius 2 is 1.97 bits per heavy atom. The molecule has 0 bridgehead atoms. The van der Waals surface area contributed by atoms with E-state index in [1.807, 2.05) is 6.08 Å². The second-order valence-corrected chi connectivity index (χ2v) is 7.33. The predicted molar refractivity (Wildman–Crippen MR) is 110 cm³/mol. The number of allylic oxidation sites excluding steroid dienone is 1. The lowest BCUT2D eigenvalue weighted by Gasteiger charge is -2.28. The van der Waals surface area contributed by atoms with Gasteiger partial charge >= 0.3 is 12.0 Å². The van der Waals surface area contributed by atoms with Crippen LogP contribution in [0.4, 0.5) is 10.5 Å². The number of esters is 1. The Hall–Kier alpha value is -3.23. The summed E-state index contributed by atoms with van der Waals surface area (Å²) in [5, 5.41) is 10.7. The van der Waals surface area contributed by atoms with Gasteiger partial charge in [0.05, 0.1) is 23.1 Å². The molecule has 1 aromatic carbocycles. The van der Waals surface area contributed by atoms with E-state index in [1.165, 1.54) is 36.1 Å². The van der Waals surface area contributed by atoms with E-state index < -0.39 is 23.0 Å². The molecule has 9 nitrogen and oxygen atoms in total. The summed E-state index contributed by atoms with van der Waals surface area (Å²) in [5.74, 6) is -0.818. The van der Waals surface area contributed by atoms with Gasteiger partial charge in [0.1, 0.15) is 6.10 Å². The van der Waals surface area contributed by atoms with Crippen molar-refractivity contribution in [2.75, 3.05) is 20.1 Å². The summed E-state index contributed by atoms with van der Waals surface area (Å²) in [5.41, 5.74) is 0.0426. The van der Waals surface area contributed by atoms with Crippen LogP contribution in [0, 0.1) is 10.1 Å². The first kappa shape index (κ1) is 23.1. The molecule has 0 aliphatic carbocycles. The molecule has 1 heterocycles. The first-order valence-electron chi connectivity index (χ1n) is 9.83. The van der Waals surface area contributed by atoms with Crippen LogP contribution in [0.25, 0.3) is 0 Å². The maximum atomic E-state index is 12.8. The highest BCUT2D eigenvalue weighted by atomic mass is 16.6. The van der Waals surface area contributed by atoms with Crippen LogP contribution < -0.4 is 0 Å². The van der Waals surface area contributed by atoms with Crippen molar-refractivity contribution in [2.24, 2.45) is 0 Å². The number of amides is 2. The summed E-state index contributed by atoms with van der Waals surface area (Å²) in [6.45, 7) is 5.77. The molecule has 2 rings (SSSR count). The molecule has 2 amide bonds. The second-order valence-electron chi connectivity index (χ2n) is 7.33. The van der Waals surface area contributed by atoms with Crippen LogP contribution >= 0.6 is 0 Å². The van der Waals surface area contributed by atoms with Crippen LogP contribution in [0.1, 0.15) is 43.0 Å². The van der Waals surface area contributed by atoms with Crippen LogP contribution in [0.3, 0.4) is 0 Å². The van der Waals surface area contributed by atoms with Gasteiger partial charge in [-0.2, -0.15) is 0 Å². The summed E-state index contributed by atoms with van der Waals surface area (Å²) >= 11 is 0. The summed E-state index contributed by atoms with van der Waals surface area (Å²) in [6, 6.07) is 4.16. The minimum absolute atomic E-state index is 0.124. The number of non-ortho nitro benzene ring substituents is 1. The zero-order valence-electron chi connectivity index (χ0n) is 17.3. The molecule has 162 valence electrons. The number of ketones is 1. The van der Waals surface area contributed by atoms with E-state index >= 15 is 0 Å². The third-order valence-corrected chi connectivity index (χ3v) is 5.04. The van der Waals surface area contributed by atoms with Crippen LogP contribution in [-0.2, 0) is 9.53 Å². The fourth-order valence-corrected chi connectivity index (χ4v) is 3.37. The number of nitrogens with zero attached hydrogens (tertiary/aromatic N) is 3. The maximum Gasteiger partial charge on any atom is 0.338 e.